The Morgan fingerprint density at radius 2 is 1.90 bits per heavy atom. The van der Waals surface area contributed by atoms with Gasteiger partial charge in [-0.15, -0.1) is 0 Å². The number of halogens is 2. The van der Waals surface area contributed by atoms with E-state index in [0.29, 0.717) is 0 Å². The number of hydrogen-bond acceptors (Lipinski definition) is 2. The second-order valence-corrected chi connectivity index (χ2v) is 5.76. The SMILES string of the molecule is CCCOc1ccc(C(C)Nc2cc(F)ccc2Br)cc1. The van der Waals surface area contributed by atoms with E-state index in [1.807, 2.05) is 31.2 Å². The van der Waals surface area contributed by atoms with Gasteiger partial charge in [-0.05, 0) is 65.2 Å². The van der Waals surface area contributed by atoms with Crippen LogP contribution >= 0.6 is 15.9 Å². The summed E-state index contributed by atoms with van der Waals surface area (Å²) in [5.41, 5.74) is 1.86. The van der Waals surface area contributed by atoms with Crippen molar-refractivity contribution in [3.8, 4) is 5.75 Å². The van der Waals surface area contributed by atoms with Gasteiger partial charge in [-0.3, -0.25) is 0 Å². The molecule has 4 heteroatoms. The molecule has 2 nitrogen and oxygen atoms in total. The lowest BCUT2D eigenvalue weighted by Crippen LogP contribution is -2.07. The van der Waals surface area contributed by atoms with Gasteiger partial charge in [0.2, 0.25) is 0 Å². The van der Waals surface area contributed by atoms with Gasteiger partial charge in [0.1, 0.15) is 11.6 Å². The Labute approximate surface area is 133 Å². The Kier molecular flexibility index (Phi) is 5.62. The van der Waals surface area contributed by atoms with Crippen LogP contribution in [0.1, 0.15) is 31.9 Å². The van der Waals surface area contributed by atoms with Gasteiger partial charge in [-0.2, -0.15) is 0 Å². The average Bonchev–Trinajstić information content (AvgIpc) is 2.49. The largest absolute Gasteiger partial charge is 0.494 e. The van der Waals surface area contributed by atoms with Gasteiger partial charge in [0, 0.05) is 10.5 Å². The monoisotopic (exact) mass is 351 g/mol. The summed E-state index contributed by atoms with van der Waals surface area (Å²) in [5, 5.41) is 3.30. The maximum Gasteiger partial charge on any atom is 0.125 e. The molecule has 0 radical (unpaired) electrons. The van der Waals surface area contributed by atoms with Crippen LogP contribution in [0.4, 0.5) is 10.1 Å². The highest BCUT2D eigenvalue weighted by Crippen LogP contribution is 2.28. The summed E-state index contributed by atoms with van der Waals surface area (Å²) < 4.78 is 19.7. The lowest BCUT2D eigenvalue weighted by Gasteiger charge is -2.17. The van der Waals surface area contributed by atoms with Gasteiger partial charge >= 0.3 is 0 Å². The van der Waals surface area contributed by atoms with E-state index < -0.39 is 0 Å². The molecule has 1 atom stereocenters. The summed E-state index contributed by atoms with van der Waals surface area (Å²) in [4.78, 5) is 0. The maximum absolute atomic E-state index is 13.3. The molecule has 0 heterocycles. The lowest BCUT2D eigenvalue weighted by molar-refractivity contribution is 0.317. The number of hydrogen-bond donors (Lipinski definition) is 1. The molecule has 0 saturated carbocycles. The van der Waals surface area contributed by atoms with E-state index in [4.69, 9.17) is 4.74 Å². The summed E-state index contributed by atoms with van der Waals surface area (Å²) in [6, 6.07) is 12.7. The van der Waals surface area contributed by atoms with E-state index in [1.54, 1.807) is 6.07 Å². The molecule has 2 aromatic carbocycles. The molecule has 0 bridgehead atoms. The maximum atomic E-state index is 13.3. The van der Waals surface area contributed by atoms with Crippen molar-refractivity contribution in [1.29, 1.82) is 0 Å². The molecule has 0 aromatic heterocycles. The Morgan fingerprint density at radius 1 is 1.19 bits per heavy atom. The van der Waals surface area contributed by atoms with Crippen LogP contribution in [0.2, 0.25) is 0 Å². The summed E-state index contributed by atoms with van der Waals surface area (Å²) in [5.74, 6) is 0.621. The average molecular weight is 352 g/mol. The molecule has 1 unspecified atom stereocenters. The van der Waals surface area contributed by atoms with Crippen LogP contribution in [0.15, 0.2) is 46.9 Å². The predicted octanol–water partition coefficient (Wildman–Crippen LogP) is 5.55. The highest BCUT2D eigenvalue weighted by atomic mass is 79.9. The van der Waals surface area contributed by atoms with Crippen LogP contribution in [0.5, 0.6) is 5.75 Å². The Bertz CT molecular complexity index is 586. The summed E-state index contributed by atoms with van der Waals surface area (Å²) in [7, 11) is 0. The summed E-state index contributed by atoms with van der Waals surface area (Å²) >= 11 is 3.42. The second kappa shape index (κ2) is 7.46. The number of anilines is 1. The van der Waals surface area contributed by atoms with Crippen molar-refractivity contribution in [3.63, 3.8) is 0 Å². The normalized spacial score (nSPS) is 12.0. The van der Waals surface area contributed by atoms with Crippen LogP contribution < -0.4 is 10.1 Å². The molecular weight excluding hydrogens is 333 g/mol. The summed E-state index contributed by atoms with van der Waals surface area (Å²) in [6.45, 7) is 4.85. The number of rotatable bonds is 6. The van der Waals surface area contributed by atoms with Crippen LogP contribution in [0, 0.1) is 5.82 Å². The smallest absolute Gasteiger partial charge is 0.125 e. The van der Waals surface area contributed by atoms with Crippen molar-refractivity contribution < 1.29 is 9.13 Å². The molecule has 0 aliphatic carbocycles. The molecule has 0 fully saturated rings. The Hall–Kier alpha value is -1.55. The van der Waals surface area contributed by atoms with Crippen molar-refractivity contribution in [3.05, 3.63) is 58.3 Å². The molecule has 0 saturated heterocycles. The van der Waals surface area contributed by atoms with Crippen LogP contribution in [-0.2, 0) is 0 Å². The first-order valence-corrected chi connectivity index (χ1v) is 7.83. The third kappa shape index (κ3) is 4.46. The first kappa shape index (κ1) is 15.8. The fourth-order valence-electron chi connectivity index (χ4n) is 2.00. The van der Waals surface area contributed by atoms with Gasteiger partial charge in [0.15, 0.2) is 0 Å². The van der Waals surface area contributed by atoms with Crippen LogP contribution in [-0.4, -0.2) is 6.61 Å². The van der Waals surface area contributed by atoms with Gasteiger partial charge < -0.3 is 10.1 Å². The quantitative estimate of drug-likeness (QED) is 0.736. The number of benzene rings is 2. The van der Waals surface area contributed by atoms with Crippen molar-refractivity contribution >= 4 is 21.6 Å². The molecule has 0 aliphatic heterocycles. The topological polar surface area (TPSA) is 21.3 Å². The zero-order valence-electron chi connectivity index (χ0n) is 12.2. The lowest BCUT2D eigenvalue weighted by atomic mass is 10.1. The number of nitrogens with one attached hydrogen (secondary N) is 1. The minimum Gasteiger partial charge on any atom is -0.494 e. The summed E-state index contributed by atoms with van der Waals surface area (Å²) in [6.07, 6.45) is 0.993. The predicted molar refractivity (Wildman–Crippen MR) is 88.4 cm³/mol. The first-order valence-electron chi connectivity index (χ1n) is 7.04. The fraction of sp³-hybridized carbons (Fsp3) is 0.294. The standard InChI is InChI=1S/C17H19BrFNO/c1-3-10-21-15-7-4-13(5-8-15)12(2)20-17-11-14(19)6-9-16(17)18/h4-9,11-12,20H,3,10H2,1-2H3. The third-order valence-electron chi connectivity index (χ3n) is 3.15. The molecular formula is C17H19BrFNO. The minimum atomic E-state index is -0.254. The van der Waals surface area contributed by atoms with E-state index >= 15 is 0 Å². The minimum absolute atomic E-state index is 0.0725. The highest BCUT2D eigenvalue weighted by Gasteiger charge is 2.08. The van der Waals surface area contributed by atoms with E-state index in [2.05, 4.69) is 28.2 Å². The van der Waals surface area contributed by atoms with E-state index in [-0.39, 0.29) is 11.9 Å². The van der Waals surface area contributed by atoms with Crippen molar-refractivity contribution in [2.24, 2.45) is 0 Å². The highest BCUT2D eigenvalue weighted by molar-refractivity contribution is 9.10. The van der Waals surface area contributed by atoms with Crippen molar-refractivity contribution in [2.75, 3.05) is 11.9 Å². The van der Waals surface area contributed by atoms with E-state index in [9.17, 15) is 4.39 Å². The second-order valence-electron chi connectivity index (χ2n) is 4.91. The van der Waals surface area contributed by atoms with Gasteiger partial charge in [0.05, 0.1) is 12.3 Å². The van der Waals surface area contributed by atoms with Crippen molar-refractivity contribution in [2.45, 2.75) is 26.3 Å². The Balaban J connectivity index is 2.05. The van der Waals surface area contributed by atoms with Crippen LogP contribution in [0.25, 0.3) is 0 Å². The molecule has 112 valence electrons. The Morgan fingerprint density at radius 3 is 2.57 bits per heavy atom. The molecule has 0 aliphatic rings. The molecule has 2 aromatic rings. The third-order valence-corrected chi connectivity index (χ3v) is 3.84. The van der Waals surface area contributed by atoms with Crippen LogP contribution in [0.3, 0.4) is 0 Å². The van der Waals surface area contributed by atoms with E-state index in [0.717, 1.165) is 34.5 Å². The zero-order valence-corrected chi connectivity index (χ0v) is 13.8. The molecule has 0 amide bonds. The van der Waals surface area contributed by atoms with Gasteiger partial charge in [-0.25, -0.2) is 4.39 Å². The van der Waals surface area contributed by atoms with Gasteiger partial charge in [-0.1, -0.05) is 19.1 Å². The van der Waals surface area contributed by atoms with Gasteiger partial charge in [0.25, 0.3) is 0 Å². The number of ether oxygens (including phenoxy) is 1. The molecule has 21 heavy (non-hydrogen) atoms. The molecule has 0 spiro atoms. The fourth-order valence-corrected chi connectivity index (χ4v) is 2.36. The van der Waals surface area contributed by atoms with E-state index in [1.165, 1.54) is 12.1 Å². The first-order chi connectivity index (χ1) is 10.1. The molecule has 1 N–H and O–H groups in total. The zero-order chi connectivity index (χ0) is 15.2. The molecule has 2 rings (SSSR count). The van der Waals surface area contributed by atoms with Crippen molar-refractivity contribution in [1.82, 2.24) is 0 Å².